The average Bonchev–Trinajstić information content (AvgIpc) is 3.18. The van der Waals surface area contributed by atoms with E-state index in [-0.39, 0.29) is 0 Å². The standard InChI is InChI=1S/C17H17F2N5O2/c1-10(25)21-13-3-2-11-7-23-14(9-26-16(11)4-13)5-15(22-23)12-6-20-24(8-12)17(18)19/h2-6,8,10,17,21,25H,7,9H2,1H3. The maximum absolute atomic E-state index is 12.7. The summed E-state index contributed by atoms with van der Waals surface area (Å²) in [6, 6.07) is 7.41. The van der Waals surface area contributed by atoms with Gasteiger partial charge in [-0.05, 0) is 19.1 Å². The highest BCUT2D eigenvalue weighted by molar-refractivity contribution is 5.58. The van der Waals surface area contributed by atoms with Gasteiger partial charge >= 0.3 is 6.55 Å². The van der Waals surface area contributed by atoms with Crippen molar-refractivity contribution in [3.8, 4) is 17.0 Å². The molecule has 0 amide bonds. The van der Waals surface area contributed by atoms with Crippen LogP contribution in [0.1, 0.15) is 24.7 Å². The van der Waals surface area contributed by atoms with Crippen molar-refractivity contribution in [2.45, 2.75) is 32.9 Å². The Kier molecular flexibility index (Phi) is 4.08. The van der Waals surface area contributed by atoms with E-state index < -0.39 is 12.8 Å². The van der Waals surface area contributed by atoms with E-state index in [1.165, 1.54) is 12.4 Å². The van der Waals surface area contributed by atoms with Crippen LogP contribution in [-0.2, 0) is 13.2 Å². The van der Waals surface area contributed by atoms with Gasteiger partial charge in [0.15, 0.2) is 0 Å². The lowest BCUT2D eigenvalue weighted by Gasteiger charge is -2.12. The van der Waals surface area contributed by atoms with Crippen LogP contribution in [0.15, 0.2) is 36.7 Å². The molecule has 0 bridgehead atoms. The zero-order chi connectivity index (χ0) is 18.3. The monoisotopic (exact) mass is 361 g/mol. The molecule has 2 N–H and O–H groups in total. The molecule has 9 heteroatoms. The van der Waals surface area contributed by atoms with Crippen LogP contribution >= 0.6 is 0 Å². The summed E-state index contributed by atoms with van der Waals surface area (Å²) in [6.45, 7) is -0.229. The highest BCUT2D eigenvalue weighted by Crippen LogP contribution is 2.30. The number of rotatable bonds is 4. The summed E-state index contributed by atoms with van der Waals surface area (Å²) in [5.41, 5.74) is 3.65. The molecular formula is C17H17F2N5O2. The number of hydrogen-bond acceptors (Lipinski definition) is 5. The molecule has 26 heavy (non-hydrogen) atoms. The van der Waals surface area contributed by atoms with Gasteiger partial charge in [-0.15, -0.1) is 0 Å². The molecule has 0 saturated heterocycles. The number of ether oxygens (including phenoxy) is 1. The molecule has 1 atom stereocenters. The molecule has 1 unspecified atom stereocenters. The summed E-state index contributed by atoms with van der Waals surface area (Å²) in [5.74, 6) is 0.716. The van der Waals surface area contributed by atoms with E-state index in [9.17, 15) is 13.9 Å². The molecule has 1 aromatic carbocycles. The molecule has 2 aromatic heterocycles. The Morgan fingerprint density at radius 1 is 1.31 bits per heavy atom. The largest absolute Gasteiger partial charge is 0.487 e. The van der Waals surface area contributed by atoms with Crippen LogP contribution in [0, 0.1) is 0 Å². The van der Waals surface area contributed by atoms with Crippen LogP contribution in [0.25, 0.3) is 11.3 Å². The lowest BCUT2D eigenvalue weighted by Crippen LogP contribution is -2.13. The SMILES string of the molecule is CC(O)Nc1ccc2c(c1)OCc1cc(-c3cnn(C(F)F)c3)nn1C2. The van der Waals surface area contributed by atoms with Gasteiger partial charge in [0.25, 0.3) is 0 Å². The fourth-order valence-corrected chi connectivity index (χ4v) is 2.89. The molecular weight excluding hydrogens is 344 g/mol. The van der Waals surface area contributed by atoms with Crippen molar-refractivity contribution in [1.29, 1.82) is 0 Å². The number of hydrogen-bond donors (Lipinski definition) is 2. The summed E-state index contributed by atoms with van der Waals surface area (Å²) in [5, 5.41) is 20.5. The number of aliphatic hydroxyl groups excluding tert-OH is 1. The summed E-state index contributed by atoms with van der Waals surface area (Å²) >= 11 is 0. The first-order valence-corrected chi connectivity index (χ1v) is 8.09. The van der Waals surface area contributed by atoms with E-state index in [0.29, 0.717) is 34.8 Å². The number of halogens is 2. The van der Waals surface area contributed by atoms with Crippen LogP contribution in [0.4, 0.5) is 14.5 Å². The van der Waals surface area contributed by atoms with Crippen molar-refractivity contribution in [2.24, 2.45) is 0 Å². The predicted octanol–water partition coefficient (Wildman–Crippen LogP) is 2.83. The van der Waals surface area contributed by atoms with E-state index >= 15 is 0 Å². The molecule has 3 heterocycles. The second-order valence-corrected chi connectivity index (χ2v) is 6.10. The summed E-state index contributed by atoms with van der Waals surface area (Å²) in [6.07, 6.45) is 1.98. The Hall–Kier alpha value is -2.94. The normalized spacial score (nSPS) is 14.3. The van der Waals surface area contributed by atoms with Gasteiger partial charge in [0, 0.05) is 29.1 Å². The number of anilines is 1. The molecule has 1 aliphatic heterocycles. The van der Waals surface area contributed by atoms with E-state index in [1.807, 2.05) is 24.3 Å². The van der Waals surface area contributed by atoms with Gasteiger partial charge in [0.05, 0.1) is 24.1 Å². The second-order valence-electron chi connectivity index (χ2n) is 6.10. The number of alkyl halides is 2. The maximum Gasteiger partial charge on any atom is 0.333 e. The Labute approximate surface area is 147 Å². The molecule has 0 saturated carbocycles. The van der Waals surface area contributed by atoms with Crippen molar-refractivity contribution in [3.05, 3.63) is 47.9 Å². The smallest absolute Gasteiger partial charge is 0.333 e. The van der Waals surface area contributed by atoms with Gasteiger partial charge in [-0.25, -0.2) is 4.68 Å². The molecule has 7 nitrogen and oxygen atoms in total. The van der Waals surface area contributed by atoms with E-state index in [4.69, 9.17) is 4.74 Å². The van der Waals surface area contributed by atoms with Crippen molar-refractivity contribution < 1.29 is 18.6 Å². The highest BCUT2D eigenvalue weighted by Gasteiger charge is 2.19. The number of benzene rings is 1. The lowest BCUT2D eigenvalue weighted by molar-refractivity contribution is 0.0566. The molecule has 0 fully saturated rings. The molecule has 3 aromatic rings. The minimum Gasteiger partial charge on any atom is -0.487 e. The van der Waals surface area contributed by atoms with E-state index in [2.05, 4.69) is 15.5 Å². The molecule has 136 valence electrons. The van der Waals surface area contributed by atoms with Crippen molar-refractivity contribution in [1.82, 2.24) is 19.6 Å². The van der Waals surface area contributed by atoms with Gasteiger partial charge in [-0.2, -0.15) is 19.0 Å². The average molecular weight is 361 g/mol. The van der Waals surface area contributed by atoms with Gasteiger partial charge in [-0.1, -0.05) is 6.07 Å². The third-order valence-electron chi connectivity index (χ3n) is 4.10. The van der Waals surface area contributed by atoms with Gasteiger partial charge in [0.2, 0.25) is 0 Å². The molecule has 0 radical (unpaired) electrons. The molecule has 1 aliphatic rings. The van der Waals surface area contributed by atoms with Crippen LogP contribution in [0.2, 0.25) is 0 Å². The predicted molar refractivity (Wildman–Crippen MR) is 89.9 cm³/mol. The number of fused-ring (bicyclic) bond motifs is 2. The first-order valence-electron chi connectivity index (χ1n) is 8.09. The Balaban J connectivity index is 1.60. The Bertz CT molecular complexity index is 935. The minimum atomic E-state index is -2.68. The molecule has 0 aliphatic carbocycles. The van der Waals surface area contributed by atoms with Gasteiger partial charge < -0.3 is 15.2 Å². The van der Waals surface area contributed by atoms with Gasteiger partial charge in [0.1, 0.15) is 18.6 Å². The first-order chi connectivity index (χ1) is 12.5. The third kappa shape index (κ3) is 3.13. The summed E-state index contributed by atoms with van der Waals surface area (Å²) < 4.78 is 33.6. The van der Waals surface area contributed by atoms with E-state index in [0.717, 1.165) is 16.9 Å². The molecule has 0 spiro atoms. The van der Waals surface area contributed by atoms with Crippen molar-refractivity contribution >= 4 is 5.69 Å². The topological polar surface area (TPSA) is 77.1 Å². The quantitative estimate of drug-likeness (QED) is 0.699. The Morgan fingerprint density at radius 2 is 2.15 bits per heavy atom. The highest BCUT2D eigenvalue weighted by atomic mass is 19.3. The summed E-state index contributed by atoms with van der Waals surface area (Å²) in [7, 11) is 0. The third-order valence-corrected chi connectivity index (χ3v) is 4.10. The van der Waals surface area contributed by atoms with Crippen LogP contribution in [0.3, 0.4) is 0 Å². The number of nitrogens with zero attached hydrogens (tertiary/aromatic N) is 4. The van der Waals surface area contributed by atoms with E-state index in [1.54, 1.807) is 11.6 Å². The minimum absolute atomic E-state index is 0.307. The Morgan fingerprint density at radius 3 is 2.88 bits per heavy atom. The fraction of sp³-hybridized carbons (Fsp3) is 0.294. The zero-order valence-corrected chi connectivity index (χ0v) is 13.9. The van der Waals surface area contributed by atoms with Crippen LogP contribution in [0.5, 0.6) is 5.75 Å². The number of aliphatic hydroxyl groups is 1. The van der Waals surface area contributed by atoms with Gasteiger partial charge in [-0.3, -0.25) is 4.68 Å². The zero-order valence-electron chi connectivity index (χ0n) is 13.9. The first kappa shape index (κ1) is 16.5. The summed E-state index contributed by atoms with van der Waals surface area (Å²) in [4.78, 5) is 0. The van der Waals surface area contributed by atoms with Crippen LogP contribution < -0.4 is 10.1 Å². The van der Waals surface area contributed by atoms with Crippen LogP contribution in [-0.4, -0.2) is 30.9 Å². The number of nitrogens with one attached hydrogen (secondary N) is 1. The maximum atomic E-state index is 12.7. The lowest BCUT2D eigenvalue weighted by atomic mass is 10.2. The number of aromatic nitrogens is 4. The molecule has 4 rings (SSSR count). The second kappa shape index (κ2) is 6.41. The van der Waals surface area contributed by atoms with Crippen molar-refractivity contribution in [2.75, 3.05) is 5.32 Å². The fourth-order valence-electron chi connectivity index (χ4n) is 2.89. The van der Waals surface area contributed by atoms with Crippen molar-refractivity contribution in [3.63, 3.8) is 0 Å².